The summed E-state index contributed by atoms with van der Waals surface area (Å²) in [4.78, 5) is 10.8. The number of aliphatic carboxylic acids is 1. The zero-order valence-corrected chi connectivity index (χ0v) is 9.33. The topological polar surface area (TPSA) is 83.5 Å². The minimum absolute atomic E-state index is 0.176. The maximum absolute atomic E-state index is 11.7. The maximum Gasteiger partial charge on any atom is 0.321 e. The fourth-order valence-corrected chi connectivity index (χ4v) is 3.90. The summed E-state index contributed by atoms with van der Waals surface area (Å²) in [5.74, 6) is -1.01. The third kappa shape index (κ3) is 2.01. The Hall–Kier alpha value is -0.620. The highest BCUT2D eigenvalue weighted by Crippen LogP contribution is 2.37. The summed E-state index contributed by atoms with van der Waals surface area (Å²) in [6, 6.07) is -1.11. The third-order valence-electron chi connectivity index (χ3n) is 3.29. The van der Waals surface area contributed by atoms with Crippen LogP contribution in [0.4, 0.5) is 0 Å². The van der Waals surface area contributed by atoms with Crippen LogP contribution < -0.4 is 5.32 Å². The number of hydrogen-bond acceptors (Lipinski definition) is 4. The van der Waals surface area contributed by atoms with Crippen molar-refractivity contribution in [2.75, 3.05) is 5.75 Å². The van der Waals surface area contributed by atoms with E-state index in [1.807, 2.05) is 0 Å². The Balaban J connectivity index is 2.22. The summed E-state index contributed by atoms with van der Waals surface area (Å²) >= 11 is 0. The minimum atomic E-state index is -3.25. The van der Waals surface area contributed by atoms with Crippen LogP contribution in [0.15, 0.2) is 0 Å². The van der Waals surface area contributed by atoms with Gasteiger partial charge >= 0.3 is 5.97 Å². The summed E-state index contributed by atoms with van der Waals surface area (Å²) < 4.78 is 23.5. The lowest BCUT2D eigenvalue weighted by Gasteiger charge is -2.33. The first kappa shape index (κ1) is 10.9. The number of sulfone groups is 1. The van der Waals surface area contributed by atoms with Crippen molar-refractivity contribution in [1.29, 1.82) is 0 Å². The predicted molar refractivity (Wildman–Crippen MR) is 54.3 cm³/mol. The van der Waals surface area contributed by atoms with Crippen LogP contribution in [0.3, 0.4) is 0 Å². The zero-order chi connectivity index (χ0) is 11.2. The molecule has 1 aliphatic heterocycles. The Morgan fingerprint density at radius 2 is 2.00 bits per heavy atom. The van der Waals surface area contributed by atoms with E-state index in [2.05, 4.69) is 5.32 Å². The Labute approximate surface area is 88.8 Å². The number of carbonyl (C=O) groups is 1. The second-order valence-corrected chi connectivity index (χ2v) is 6.86. The van der Waals surface area contributed by atoms with Gasteiger partial charge < -0.3 is 5.11 Å². The monoisotopic (exact) mass is 233 g/mol. The number of nitrogens with one attached hydrogen (secondary N) is 1. The largest absolute Gasteiger partial charge is 0.480 e. The van der Waals surface area contributed by atoms with E-state index in [1.165, 1.54) is 0 Å². The van der Waals surface area contributed by atoms with Gasteiger partial charge in [0.25, 0.3) is 0 Å². The number of rotatable bonds is 2. The van der Waals surface area contributed by atoms with E-state index in [0.29, 0.717) is 5.92 Å². The van der Waals surface area contributed by atoms with Crippen LogP contribution in [0.2, 0.25) is 0 Å². The highest BCUT2D eigenvalue weighted by atomic mass is 32.2. The molecule has 1 saturated heterocycles. The van der Waals surface area contributed by atoms with Gasteiger partial charge in [-0.2, -0.15) is 0 Å². The molecule has 1 aliphatic carbocycles. The Morgan fingerprint density at radius 1 is 1.40 bits per heavy atom. The van der Waals surface area contributed by atoms with Crippen LogP contribution in [0.25, 0.3) is 0 Å². The highest BCUT2D eigenvalue weighted by molar-refractivity contribution is 7.92. The summed E-state index contributed by atoms with van der Waals surface area (Å²) in [6.45, 7) is 1.67. The average molecular weight is 233 g/mol. The normalized spacial score (nSPS) is 39.9. The van der Waals surface area contributed by atoms with Crippen LogP contribution in [0.5, 0.6) is 0 Å². The Bertz CT molecular complexity index is 374. The lowest BCUT2D eigenvalue weighted by atomic mass is 10.1. The SMILES string of the molecule is CC1C(C2CC2)NC(C(=O)O)CS1(=O)=O. The van der Waals surface area contributed by atoms with Crippen LogP contribution in [-0.4, -0.2) is 42.6 Å². The molecule has 0 aromatic carbocycles. The van der Waals surface area contributed by atoms with Crippen molar-refractivity contribution >= 4 is 15.8 Å². The van der Waals surface area contributed by atoms with E-state index in [0.717, 1.165) is 12.8 Å². The maximum atomic E-state index is 11.7. The van der Waals surface area contributed by atoms with Crippen molar-refractivity contribution in [2.45, 2.75) is 37.1 Å². The molecule has 1 saturated carbocycles. The summed E-state index contributed by atoms with van der Waals surface area (Å²) in [6.07, 6.45) is 2.01. The van der Waals surface area contributed by atoms with Gasteiger partial charge in [-0.05, 0) is 25.7 Å². The fraction of sp³-hybridized carbons (Fsp3) is 0.889. The molecule has 86 valence electrons. The quantitative estimate of drug-likeness (QED) is 0.679. The van der Waals surface area contributed by atoms with Crippen molar-refractivity contribution in [3.8, 4) is 0 Å². The Morgan fingerprint density at radius 3 is 2.47 bits per heavy atom. The lowest BCUT2D eigenvalue weighted by molar-refractivity contribution is -0.139. The first-order valence-corrected chi connectivity index (χ1v) is 6.84. The van der Waals surface area contributed by atoms with Crippen molar-refractivity contribution < 1.29 is 18.3 Å². The molecule has 3 atom stereocenters. The molecule has 0 radical (unpaired) electrons. The molecule has 6 heteroatoms. The van der Waals surface area contributed by atoms with E-state index in [1.54, 1.807) is 6.92 Å². The van der Waals surface area contributed by atoms with Gasteiger partial charge in [-0.1, -0.05) is 0 Å². The van der Waals surface area contributed by atoms with Gasteiger partial charge in [0.15, 0.2) is 9.84 Å². The van der Waals surface area contributed by atoms with Crippen LogP contribution >= 0.6 is 0 Å². The highest BCUT2D eigenvalue weighted by Gasteiger charge is 2.46. The van der Waals surface area contributed by atoms with E-state index < -0.39 is 27.1 Å². The first-order chi connectivity index (χ1) is 6.92. The molecule has 1 heterocycles. The molecule has 0 bridgehead atoms. The molecule has 0 spiro atoms. The molecule has 5 nitrogen and oxygen atoms in total. The molecule has 0 aromatic rings. The van der Waals surface area contributed by atoms with Gasteiger partial charge in [-0.3, -0.25) is 10.1 Å². The molecule has 0 aromatic heterocycles. The molecule has 0 amide bonds. The standard InChI is InChI=1S/C9H15NO4S/c1-5-8(6-2-3-6)10-7(9(11)12)4-15(5,13)14/h5-8,10H,2-4H2,1H3,(H,11,12). The molecule has 15 heavy (non-hydrogen) atoms. The number of carboxylic acid groups (broad SMARTS) is 1. The molecule has 3 unspecified atom stereocenters. The summed E-state index contributed by atoms with van der Waals surface area (Å²) in [5.41, 5.74) is 0. The first-order valence-electron chi connectivity index (χ1n) is 5.12. The fourth-order valence-electron chi connectivity index (χ4n) is 2.14. The molecule has 2 fully saturated rings. The van der Waals surface area contributed by atoms with Crippen molar-refractivity contribution in [3.63, 3.8) is 0 Å². The number of hydrogen-bond donors (Lipinski definition) is 2. The minimum Gasteiger partial charge on any atom is -0.480 e. The van der Waals surface area contributed by atoms with Crippen LogP contribution in [0.1, 0.15) is 19.8 Å². The van der Waals surface area contributed by atoms with Crippen molar-refractivity contribution in [3.05, 3.63) is 0 Å². The van der Waals surface area contributed by atoms with Gasteiger partial charge in [0, 0.05) is 6.04 Å². The van der Waals surface area contributed by atoms with E-state index in [9.17, 15) is 13.2 Å². The van der Waals surface area contributed by atoms with E-state index in [-0.39, 0.29) is 11.8 Å². The van der Waals surface area contributed by atoms with Crippen LogP contribution in [-0.2, 0) is 14.6 Å². The van der Waals surface area contributed by atoms with Gasteiger partial charge in [-0.15, -0.1) is 0 Å². The van der Waals surface area contributed by atoms with Gasteiger partial charge in [0.1, 0.15) is 6.04 Å². The van der Waals surface area contributed by atoms with E-state index >= 15 is 0 Å². The zero-order valence-electron chi connectivity index (χ0n) is 8.51. The van der Waals surface area contributed by atoms with Crippen molar-refractivity contribution in [1.82, 2.24) is 5.32 Å². The second kappa shape index (κ2) is 3.45. The predicted octanol–water partition coefficient (Wildman–Crippen LogP) is -0.375. The molecule has 2 aliphatic rings. The van der Waals surface area contributed by atoms with E-state index in [4.69, 9.17) is 5.11 Å². The smallest absolute Gasteiger partial charge is 0.321 e. The van der Waals surface area contributed by atoms with Gasteiger partial charge in [0.05, 0.1) is 11.0 Å². The summed E-state index contributed by atoms with van der Waals surface area (Å²) in [7, 11) is -3.25. The molecular weight excluding hydrogens is 218 g/mol. The lowest BCUT2D eigenvalue weighted by Crippen LogP contribution is -2.59. The average Bonchev–Trinajstić information content (AvgIpc) is 2.92. The molecular formula is C9H15NO4S. The summed E-state index contributed by atoms with van der Waals surface area (Å²) in [5, 5.41) is 11.3. The Kier molecular flexibility index (Phi) is 2.50. The van der Waals surface area contributed by atoms with Gasteiger partial charge in [-0.25, -0.2) is 8.42 Å². The molecule has 2 rings (SSSR count). The second-order valence-electron chi connectivity index (χ2n) is 4.46. The third-order valence-corrected chi connectivity index (χ3v) is 5.52. The molecule has 2 N–H and O–H groups in total. The number of carboxylic acids is 1. The van der Waals surface area contributed by atoms with Crippen LogP contribution in [0, 0.1) is 5.92 Å². The van der Waals surface area contributed by atoms with Gasteiger partial charge in [0.2, 0.25) is 0 Å². The van der Waals surface area contributed by atoms with Crippen molar-refractivity contribution in [2.24, 2.45) is 5.92 Å².